The Kier molecular flexibility index (Phi) is 10.3. The zero-order valence-corrected chi connectivity index (χ0v) is 22.8. The molecule has 0 aromatic heterocycles. The Balaban J connectivity index is 1.37. The lowest BCUT2D eigenvalue weighted by atomic mass is 9.76. The van der Waals surface area contributed by atoms with E-state index in [0.717, 1.165) is 38.5 Å². The molecule has 1 atom stereocenters. The summed E-state index contributed by atoms with van der Waals surface area (Å²) >= 11 is 0. The molecule has 1 fully saturated rings. The lowest BCUT2D eigenvalue weighted by molar-refractivity contribution is 0.0727. The molecule has 3 aromatic rings. The summed E-state index contributed by atoms with van der Waals surface area (Å²) < 4.78 is 70.0. The van der Waals surface area contributed by atoms with Gasteiger partial charge in [0.2, 0.25) is 5.82 Å². The van der Waals surface area contributed by atoms with Crippen LogP contribution in [0.2, 0.25) is 0 Å². The average Bonchev–Trinajstić information content (AvgIpc) is 2.97. The molecule has 0 aliphatic heterocycles. The molecule has 0 amide bonds. The van der Waals surface area contributed by atoms with Crippen molar-refractivity contribution in [2.75, 3.05) is 6.61 Å². The second-order valence-electron chi connectivity index (χ2n) is 10.4. The molecule has 1 aliphatic rings. The van der Waals surface area contributed by atoms with Gasteiger partial charge in [0.25, 0.3) is 0 Å². The third-order valence-electron chi connectivity index (χ3n) is 7.72. The van der Waals surface area contributed by atoms with Crippen molar-refractivity contribution in [1.82, 2.24) is 0 Å². The van der Waals surface area contributed by atoms with E-state index in [2.05, 4.69) is 6.58 Å². The molecule has 7 heteroatoms. The first kappa shape index (κ1) is 29.7. The van der Waals surface area contributed by atoms with E-state index in [0.29, 0.717) is 23.3 Å². The zero-order valence-electron chi connectivity index (χ0n) is 22.8. The van der Waals surface area contributed by atoms with Crippen LogP contribution in [0.15, 0.2) is 61.2 Å². The molecular weight excluding hydrogens is 520 g/mol. The van der Waals surface area contributed by atoms with Gasteiger partial charge in [0.15, 0.2) is 23.2 Å². The summed E-state index contributed by atoms with van der Waals surface area (Å²) in [6, 6.07) is 12.3. The van der Waals surface area contributed by atoms with Gasteiger partial charge in [-0.1, -0.05) is 43.7 Å². The fraction of sp³-hybridized carbons (Fsp3) is 0.394. The van der Waals surface area contributed by atoms with Gasteiger partial charge >= 0.3 is 0 Å². The second kappa shape index (κ2) is 13.8. The van der Waals surface area contributed by atoms with Gasteiger partial charge in [-0.05, 0) is 85.8 Å². The number of hydrogen-bond donors (Lipinski definition) is 1. The van der Waals surface area contributed by atoms with E-state index >= 15 is 4.39 Å². The first-order chi connectivity index (χ1) is 19.3. The number of aliphatic hydroxyl groups excluding tert-OH is 1. The summed E-state index contributed by atoms with van der Waals surface area (Å²) in [5, 5.41) is 10.3. The molecule has 0 spiro atoms. The van der Waals surface area contributed by atoms with Crippen LogP contribution in [0.1, 0.15) is 68.9 Å². The van der Waals surface area contributed by atoms with E-state index in [9.17, 15) is 18.3 Å². The Hall–Kier alpha value is -3.32. The summed E-state index contributed by atoms with van der Waals surface area (Å²) in [6.45, 7) is 5.62. The van der Waals surface area contributed by atoms with Crippen molar-refractivity contribution < 1.29 is 32.1 Å². The first-order valence-corrected chi connectivity index (χ1v) is 13.9. The minimum Gasteiger partial charge on any atom is -0.490 e. The van der Waals surface area contributed by atoms with Gasteiger partial charge in [0, 0.05) is 11.1 Å². The van der Waals surface area contributed by atoms with Crippen LogP contribution in [0.5, 0.6) is 11.5 Å². The zero-order chi connectivity index (χ0) is 28.6. The first-order valence-electron chi connectivity index (χ1n) is 13.9. The van der Waals surface area contributed by atoms with E-state index < -0.39 is 23.3 Å². The molecule has 1 aliphatic carbocycles. The molecule has 0 bridgehead atoms. The van der Waals surface area contributed by atoms with Gasteiger partial charge < -0.3 is 14.6 Å². The van der Waals surface area contributed by atoms with Gasteiger partial charge in [-0.3, -0.25) is 0 Å². The van der Waals surface area contributed by atoms with E-state index in [1.165, 1.54) is 12.1 Å². The van der Waals surface area contributed by atoms with E-state index in [-0.39, 0.29) is 48.0 Å². The standard InChI is InChI=1S/C33H36F4O3/c1-3-5-19-39-29-18-17-27(32(36)33(29)37)22-11-14-25(15-12-22)40-20-24-13-16-26(31(35)30(24)34)21-7-9-23(10-8-21)28(38)6-4-2/h3,11-18,21,23,28,38H,1,4-10,19-20H2,2H3. The van der Waals surface area contributed by atoms with Gasteiger partial charge in [0.05, 0.1) is 12.7 Å². The SMILES string of the molecule is C=CCCOc1ccc(-c2ccc(OCc3ccc(C4CCC(C(O)CCC)CC4)c(F)c3F)cc2)c(F)c1F. The topological polar surface area (TPSA) is 38.7 Å². The average molecular weight is 557 g/mol. The maximum atomic E-state index is 15.0. The monoisotopic (exact) mass is 556 g/mol. The van der Waals surface area contributed by atoms with Gasteiger partial charge in [-0.15, -0.1) is 6.58 Å². The molecule has 1 N–H and O–H groups in total. The Morgan fingerprint density at radius 2 is 1.60 bits per heavy atom. The third-order valence-corrected chi connectivity index (χ3v) is 7.72. The lowest BCUT2D eigenvalue weighted by Gasteiger charge is -2.32. The summed E-state index contributed by atoms with van der Waals surface area (Å²) in [5.41, 5.74) is 0.968. The smallest absolute Gasteiger partial charge is 0.201 e. The van der Waals surface area contributed by atoms with Crippen LogP contribution in [0, 0.1) is 29.2 Å². The van der Waals surface area contributed by atoms with Crippen LogP contribution < -0.4 is 9.47 Å². The van der Waals surface area contributed by atoms with Crippen molar-refractivity contribution in [2.45, 2.75) is 70.5 Å². The summed E-state index contributed by atoms with van der Waals surface area (Å²) in [5.74, 6) is -3.49. The molecular formula is C33H36F4O3. The molecule has 1 unspecified atom stereocenters. The highest BCUT2D eigenvalue weighted by Crippen LogP contribution is 2.39. The summed E-state index contributed by atoms with van der Waals surface area (Å²) in [6.07, 6.45) is 6.55. The Bertz CT molecular complexity index is 1280. The van der Waals surface area contributed by atoms with Crippen LogP contribution in [0.3, 0.4) is 0 Å². The van der Waals surface area contributed by atoms with Crippen LogP contribution in [-0.4, -0.2) is 17.8 Å². The predicted octanol–water partition coefficient (Wildman–Crippen LogP) is 8.88. The molecule has 214 valence electrons. The van der Waals surface area contributed by atoms with Gasteiger partial charge in [0.1, 0.15) is 12.4 Å². The summed E-state index contributed by atoms with van der Waals surface area (Å²) in [4.78, 5) is 0. The van der Waals surface area contributed by atoms with Crippen LogP contribution in [0.4, 0.5) is 17.6 Å². The van der Waals surface area contributed by atoms with Crippen molar-refractivity contribution in [3.8, 4) is 22.6 Å². The van der Waals surface area contributed by atoms with Gasteiger partial charge in [-0.25, -0.2) is 13.2 Å². The summed E-state index contributed by atoms with van der Waals surface area (Å²) in [7, 11) is 0. The van der Waals surface area contributed by atoms with Crippen LogP contribution in [-0.2, 0) is 6.61 Å². The van der Waals surface area contributed by atoms with Crippen molar-refractivity contribution in [3.05, 3.63) is 95.6 Å². The number of ether oxygens (including phenoxy) is 2. The van der Waals surface area contributed by atoms with Crippen molar-refractivity contribution in [2.24, 2.45) is 5.92 Å². The molecule has 0 saturated heterocycles. The van der Waals surface area contributed by atoms with E-state index in [1.807, 2.05) is 6.92 Å². The van der Waals surface area contributed by atoms with E-state index in [1.54, 1.807) is 42.5 Å². The van der Waals surface area contributed by atoms with Gasteiger partial charge in [-0.2, -0.15) is 4.39 Å². The highest BCUT2D eigenvalue weighted by Gasteiger charge is 2.29. The molecule has 3 nitrogen and oxygen atoms in total. The fourth-order valence-corrected chi connectivity index (χ4v) is 5.39. The molecule has 0 radical (unpaired) electrons. The molecule has 3 aromatic carbocycles. The quantitative estimate of drug-likeness (QED) is 0.138. The number of hydrogen-bond acceptors (Lipinski definition) is 3. The number of aliphatic hydroxyl groups is 1. The fourth-order valence-electron chi connectivity index (χ4n) is 5.39. The maximum Gasteiger partial charge on any atom is 0.201 e. The minimum absolute atomic E-state index is 0.0673. The van der Waals surface area contributed by atoms with Crippen molar-refractivity contribution >= 4 is 0 Å². The molecule has 40 heavy (non-hydrogen) atoms. The third kappa shape index (κ3) is 6.87. The maximum absolute atomic E-state index is 15.0. The molecule has 0 heterocycles. The van der Waals surface area contributed by atoms with Crippen LogP contribution in [0.25, 0.3) is 11.1 Å². The highest BCUT2D eigenvalue weighted by molar-refractivity contribution is 5.66. The highest BCUT2D eigenvalue weighted by atomic mass is 19.2. The van der Waals surface area contributed by atoms with Crippen LogP contribution >= 0.6 is 0 Å². The molecule has 4 rings (SSSR count). The predicted molar refractivity (Wildman–Crippen MR) is 148 cm³/mol. The Morgan fingerprint density at radius 1 is 0.875 bits per heavy atom. The Morgan fingerprint density at radius 3 is 2.27 bits per heavy atom. The normalized spacial score (nSPS) is 17.9. The van der Waals surface area contributed by atoms with Crippen molar-refractivity contribution in [1.29, 1.82) is 0 Å². The number of benzene rings is 3. The number of rotatable bonds is 12. The minimum atomic E-state index is -1.06. The van der Waals surface area contributed by atoms with Crippen molar-refractivity contribution in [3.63, 3.8) is 0 Å². The largest absolute Gasteiger partial charge is 0.490 e. The lowest BCUT2D eigenvalue weighted by Crippen LogP contribution is -2.25. The second-order valence-corrected chi connectivity index (χ2v) is 10.4. The van der Waals surface area contributed by atoms with E-state index in [4.69, 9.17) is 9.47 Å². The molecule has 1 saturated carbocycles. The number of halogens is 4. The Labute approximate surface area is 233 Å².